The molecule has 2 aromatic heterocycles. The van der Waals surface area contributed by atoms with Gasteiger partial charge < -0.3 is 15.1 Å². The lowest BCUT2D eigenvalue weighted by Gasteiger charge is -2.35. The third kappa shape index (κ3) is 20.8. The van der Waals surface area contributed by atoms with Gasteiger partial charge >= 0.3 is 58.3 Å². The summed E-state index contributed by atoms with van der Waals surface area (Å²) in [6, 6.07) is -3.25. The van der Waals surface area contributed by atoms with Gasteiger partial charge in [0.05, 0.1) is 0 Å². The van der Waals surface area contributed by atoms with E-state index in [-0.39, 0.29) is 13.3 Å². The molecule has 0 bridgehead atoms. The van der Waals surface area contributed by atoms with Gasteiger partial charge in [-0.05, 0) is 0 Å². The number of carbonyl (C=O) groups excluding carboxylic acids is 15. The fourth-order valence-electron chi connectivity index (χ4n) is 4.16. The Morgan fingerprint density at radius 3 is 1.05 bits per heavy atom. The second kappa shape index (κ2) is 36.7. The van der Waals surface area contributed by atoms with Crippen LogP contribution in [-0.2, 0) is 86.1 Å². The maximum atomic E-state index is 12.0. The van der Waals surface area contributed by atoms with Crippen LogP contribution in [0.1, 0.15) is 0 Å². The Morgan fingerprint density at radius 2 is 0.707 bits per heavy atom. The second-order valence-electron chi connectivity index (χ2n) is 11.2. The predicted octanol–water partition coefficient (Wildman–Crippen LogP) is -7.55. The van der Waals surface area contributed by atoms with Gasteiger partial charge in [-0.25, -0.2) is 138 Å². The lowest BCUT2D eigenvalue weighted by atomic mass is 10.5. The molecule has 2 N–H and O–H groups in total. The van der Waals surface area contributed by atoms with Crippen molar-refractivity contribution in [1.82, 2.24) is 48.2 Å². The second-order valence-corrected chi connectivity index (χ2v) is 11.2. The van der Waals surface area contributed by atoms with E-state index in [2.05, 4.69) is 70.5 Å². The zero-order valence-electron chi connectivity index (χ0n) is 36.8. The van der Waals surface area contributed by atoms with Crippen molar-refractivity contribution in [3.05, 3.63) is 58.2 Å². The normalized spacial score (nSPS) is 10.1. The van der Waals surface area contributed by atoms with Crippen molar-refractivity contribution in [2.45, 2.75) is 33.3 Å². The summed E-state index contributed by atoms with van der Waals surface area (Å²) in [5.74, 6) is -1.15. The number of carbonyl (C=O) groups is 4. The van der Waals surface area contributed by atoms with E-state index in [0.29, 0.717) is 37.5 Å². The number of hydrogen-bond acceptors (Lipinski definition) is 33. The predicted molar refractivity (Wildman–Crippen MR) is 224 cm³/mol. The number of imide groups is 3. The topological polar surface area (TPSA) is 561 Å². The van der Waals surface area contributed by atoms with Crippen LogP contribution < -0.4 is 44.8 Å². The molecular weight excluding hydrogens is 1030 g/mol. The van der Waals surface area contributed by atoms with Crippen molar-refractivity contribution in [1.29, 1.82) is 0 Å². The third-order valence-electron chi connectivity index (χ3n) is 7.19. The maximum Gasteiger partial charge on any atom is 0.427 e. The lowest BCUT2D eigenvalue weighted by Crippen LogP contribution is -2.63. The molecule has 43 heteroatoms. The Morgan fingerprint density at radius 1 is 0.400 bits per heavy atom. The van der Waals surface area contributed by atoms with E-state index in [0.717, 1.165) is 30.4 Å². The number of nitrogens with zero attached hydrogens (tertiary/aromatic N) is 20. The summed E-state index contributed by atoms with van der Waals surface area (Å²) >= 11 is 0. The van der Waals surface area contributed by atoms with Crippen LogP contribution in [0.5, 0.6) is 0 Å². The molecule has 3 heterocycles. The minimum atomic E-state index is -1.15. The van der Waals surface area contributed by atoms with Gasteiger partial charge in [0, 0.05) is 0 Å². The number of aromatic nitrogens is 5. The van der Waals surface area contributed by atoms with Gasteiger partial charge in [-0.1, -0.05) is 0 Å². The average molecular weight is 1050 g/mol. The highest BCUT2D eigenvalue weighted by atomic mass is 16.4. The Bertz CT molecular complexity index is 3180. The van der Waals surface area contributed by atoms with Crippen molar-refractivity contribution < 1.29 is 76.3 Å². The smallest absolute Gasteiger partial charge is 0.375 e. The van der Waals surface area contributed by atoms with Gasteiger partial charge in [0.2, 0.25) is 66.9 Å². The van der Waals surface area contributed by atoms with Crippen LogP contribution in [0.4, 0.5) is 19.2 Å². The summed E-state index contributed by atoms with van der Waals surface area (Å²) in [6.07, 6.45) is 12.8. The van der Waals surface area contributed by atoms with Crippen LogP contribution in [0.2, 0.25) is 0 Å². The largest absolute Gasteiger partial charge is 0.427 e. The molecule has 43 nitrogen and oxygen atoms in total. The quantitative estimate of drug-likeness (QED) is 0.0817. The van der Waals surface area contributed by atoms with E-state index in [9.17, 15) is 95.9 Å². The number of aliphatic imine (C=N–C) groups is 11. The first-order chi connectivity index (χ1) is 36.1. The average Bonchev–Trinajstić information content (AvgIpc) is 3.39. The Labute approximate surface area is 406 Å². The Kier molecular flexibility index (Phi) is 30.7. The number of urea groups is 4. The standard InChI is InChI=1S/2C9H6N6O6.C8H8N6O5.C6H4N4O4/c16-4-10-1-13-7-14(2-11-5-17)8(19)15(3-12-6-18)9(20)21-7;16-4-10-1-13-7(19)14(2-11-5-17)9(21)15(8(13)20)3-12-6-18;15-4-9-1-12-7(18)14(3-11-6-17)8(19)13-2-10-5-16;11-3-7-1-9-5(13)10(6(9)14)2-8-4-12/h2*1-3H2;1-3H2,(H,12,18)(H,13,19);1-2H2. The van der Waals surface area contributed by atoms with Gasteiger partial charge in [-0.15, -0.1) is 0 Å². The number of amides is 8. The molecule has 0 atom stereocenters. The van der Waals surface area contributed by atoms with Crippen molar-refractivity contribution in [3.8, 4) is 0 Å². The van der Waals surface area contributed by atoms with Crippen molar-refractivity contribution >= 4 is 91.0 Å². The molecule has 0 radical (unpaired) electrons. The van der Waals surface area contributed by atoms with E-state index in [1.165, 1.54) is 36.5 Å². The highest BCUT2D eigenvalue weighted by molar-refractivity contribution is 6.11. The lowest BCUT2D eigenvalue weighted by molar-refractivity contribution is 0.108. The van der Waals surface area contributed by atoms with Gasteiger partial charge in [-0.2, -0.15) is 54.9 Å². The third-order valence-corrected chi connectivity index (χ3v) is 7.19. The van der Waals surface area contributed by atoms with Crippen LogP contribution in [0, 0.1) is 0 Å². The molecule has 75 heavy (non-hydrogen) atoms. The highest BCUT2D eigenvalue weighted by Gasteiger charge is 2.43. The summed E-state index contributed by atoms with van der Waals surface area (Å²) in [5.41, 5.74) is -4.94. The fourth-order valence-corrected chi connectivity index (χ4v) is 4.16. The molecule has 3 rings (SSSR count). The summed E-state index contributed by atoms with van der Waals surface area (Å²) in [7, 11) is 0. The fraction of sp³-hybridized carbons (Fsp3) is 0.344. The summed E-state index contributed by atoms with van der Waals surface area (Å²) in [5, 5.41) is 4.13. The number of hydrogen-bond donors (Lipinski definition) is 2. The molecule has 1 saturated heterocycles. The van der Waals surface area contributed by atoms with E-state index < -0.39 is 118 Å². The number of isocyanates is 11. The molecule has 0 saturated carbocycles. The first-order valence-electron chi connectivity index (χ1n) is 18.3. The van der Waals surface area contributed by atoms with Crippen LogP contribution in [0.3, 0.4) is 0 Å². The molecule has 0 spiro atoms. The molecular formula is C32H24N22O21. The molecule has 2 aromatic rings. The Balaban J connectivity index is 0.000000983. The highest BCUT2D eigenvalue weighted by Crippen LogP contribution is 2.15. The summed E-state index contributed by atoms with van der Waals surface area (Å²) in [4.78, 5) is 252. The minimum absolute atomic E-state index is 0.359. The summed E-state index contributed by atoms with van der Waals surface area (Å²) < 4.78 is 7.06. The van der Waals surface area contributed by atoms with Crippen molar-refractivity contribution in [2.75, 3.05) is 40.0 Å². The van der Waals surface area contributed by atoms with Crippen LogP contribution in [0.25, 0.3) is 0 Å². The van der Waals surface area contributed by atoms with Gasteiger partial charge in [-0.3, -0.25) is 0 Å². The van der Waals surface area contributed by atoms with Crippen LogP contribution in [0.15, 0.2) is 88.3 Å². The number of nitrogens with one attached hydrogen (secondary N) is 2. The molecule has 1 aliphatic heterocycles. The maximum absolute atomic E-state index is 12.0. The van der Waals surface area contributed by atoms with E-state index in [1.807, 2.05) is 0 Å². The molecule has 388 valence electrons. The van der Waals surface area contributed by atoms with Crippen molar-refractivity contribution in [2.24, 2.45) is 59.9 Å². The van der Waals surface area contributed by atoms with Gasteiger partial charge in [0.25, 0.3) is 0 Å². The first-order valence-corrected chi connectivity index (χ1v) is 18.3. The Hall–Kier alpha value is -12.3. The SMILES string of the molecule is O=C=NCN1C(=O)N(CN=C=O)C1=O.O=C=NCN=c1oc(=O)n(CN=C=O)c(=O)n1CN=C=O.O=C=NCNC(=O)N(CN=C=O)C(=O)NCN=C=O.O=C=NCn1c(=O)n(CN=C=O)c(=O)n(CN=C=O)c1=O. The molecule has 8 amide bonds. The zero-order valence-corrected chi connectivity index (χ0v) is 36.8. The van der Waals surface area contributed by atoms with Crippen molar-refractivity contribution in [3.63, 3.8) is 0 Å². The van der Waals surface area contributed by atoms with Gasteiger partial charge in [0.15, 0.2) is 0 Å². The molecule has 1 aliphatic rings. The van der Waals surface area contributed by atoms with Gasteiger partial charge in [0.1, 0.15) is 73.4 Å². The monoisotopic (exact) mass is 1050 g/mol. The minimum Gasteiger partial charge on any atom is -0.375 e. The molecule has 0 aromatic carbocycles. The molecule has 1 fully saturated rings. The molecule has 0 aliphatic carbocycles. The van der Waals surface area contributed by atoms with Crippen LogP contribution in [-0.4, -0.2) is 169 Å². The van der Waals surface area contributed by atoms with E-state index in [1.54, 1.807) is 0 Å². The molecule has 0 unspecified atom stereocenters. The number of rotatable bonds is 22. The van der Waals surface area contributed by atoms with E-state index >= 15 is 0 Å². The zero-order chi connectivity index (χ0) is 56.6. The van der Waals surface area contributed by atoms with E-state index in [4.69, 9.17) is 4.42 Å². The first kappa shape index (κ1) is 62.7. The summed E-state index contributed by atoms with van der Waals surface area (Å²) in [6.45, 7) is -5.82. The van der Waals surface area contributed by atoms with Crippen LogP contribution >= 0.6 is 0 Å².